The van der Waals surface area contributed by atoms with E-state index < -0.39 is 43.7 Å². The highest BCUT2D eigenvalue weighted by molar-refractivity contribution is 7.89. The summed E-state index contributed by atoms with van der Waals surface area (Å²) in [4.78, 5) is -0.714. The van der Waals surface area contributed by atoms with Gasteiger partial charge < -0.3 is 10.8 Å². The van der Waals surface area contributed by atoms with E-state index in [9.17, 15) is 17.2 Å². The van der Waals surface area contributed by atoms with Crippen LogP contribution in [0.5, 0.6) is 0 Å². The first-order valence-electron chi connectivity index (χ1n) is 6.37. The lowest BCUT2D eigenvalue weighted by Gasteiger charge is -2.30. The highest BCUT2D eigenvalue weighted by Crippen LogP contribution is 2.26. The number of nitrogens with two attached hydrogens (primary N) is 1. The van der Waals surface area contributed by atoms with Crippen molar-refractivity contribution in [3.63, 3.8) is 0 Å². The molecule has 0 aromatic heterocycles. The molecule has 1 aromatic rings. The van der Waals surface area contributed by atoms with Crippen molar-refractivity contribution in [2.45, 2.75) is 38.1 Å². The fourth-order valence-electron chi connectivity index (χ4n) is 1.81. The molecule has 1 unspecified atom stereocenters. The van der Waals surface area contributed by atoms with Crippen molar-refractivity contribution in [1.82, 2.24) is 4.72 Å². The Labute approximate surface area is 123 Å². The quantitative estimate of drug-likeness (QED) is 0.718. The molecule has 0 amide bonds. The zero-order valence-electron chi connectivity index (χ0n) is 12.2. The van der Waals surface area contributed by atoms with Gasteiger partial charge in [0.1, 0.15) is 16.4 Å². The summed E-state index contributed by atoms with van der Waals surface area (Å²) in [6.45, 7) is 5.13. The number of hydrogen-bond donors (Lipinski definition) is 3. The average Bonchev–Trinajstić information content (AvgIpc) is 2.34. The Bertz CT molecular complexity index is 613. The van der Waals surface area contributed by atoms with Crippen LogP contribution in [0.1, 0.15) is 27.2 Å². The van der Waals surface area contributed by atoms with Gasteiger partial charge in [-0.3, -0.25) is 0 Å². The lowest BCUT2D eigenvalue weighted by atomic mass is 9.86. The number of anilines is 1. The topological polar surface area (TPSA) is 92.4 Å². The molecule has 0 fully saturated rings. The standard InChI is InChI=1S/C13H20F2N2O3S/c1-13(2,3)10(6-7-18)17-21(19,20)9-5-4-8(14)12(16)11(9)15/h4-5,10,17-18H,6-7,16H2,1-3H3. The molecule has 21 heavy (non-hydrogen) atoms. The van der Waals surface area contributed by atoms with Gasteiger partial charge in [-0.2, -0.15) is 0 Å². The second-order valence-corrected chi connectivity index (χ2v) is 7.51. The molecule has 0 aliphatic rings. The summed E-state index contributed by atoms with van der Waals surface area (Å²) in [6.07, 6.45) is 0.168. The Morgan fingerprint density at radius 3 is 2.38 bits per heavy atom. The third kappa shape index (κ3) is 4.12. The largest absolute Gasteiger partial charge is 0.396 e. The first kappa shape index (κ1) is 17.8. The molecule has 4 N–H and O–H groups in total. The summed E-state index contributed by atoms with van der Waals surface area (Å²) in [5, 5.41) is 9.02. The van der Waals surface area contributed by atoms with E-state index in [1.54, 1.807) is 20.8 Å². The molecule has 5 nitrogen and oxygen atoms in total. The molecule has 8 heteroatoms. The fraction of sp³-hybridized carbons (Fsp3) is 0.538. The van der Waals surface area contributed by atoms with Crippen molar-refractivity contribution in [2.24, 2.45) is 5.41 Å². The minimum atomic E-state index is -4.22. The zero-order chi connectivity index (χ0) is 16.4. The fourth-order valence-corrected chi connectivity index (χ4v) is 3.37. The molecule has 1 rings (SSSR count). The Morgan fingerprint density at radius 2 is 1.90 bits per heavy atom. The monoisotopic (exact) mass is 322 g/mol. The van der Waals surface area contributed by atoms with Gasteiger partial charge in [0.15, 0.2) is 5.82 Å². The van der Waals surface area contributed by atoms with E-state index in [2.05, 4.69) is 4.72 Å². The molecule has 0 saturated carbocycles. The number of aliphatic hydroxyl groups is 1. The van der Waals surface area contributed by atoms with Gasteiger partial charge in [-0.25, -0.2) is 21.9 Å². The average molecular weight is 322 g/mol. The maximum absolute atomic E-state index is 13.9. The van der Waals surface area contributed by atoms with E-state index in [4.69, 9.17) is 10.8 Å². The maximum atomic E-state index is 13.9. The van der Waals surface area contributed by atoms with Gasteiger partial charge in [0, 0.05) is 12.6 Å². The second-order valence-electron chi connectivity index (χ2n) is 5.83. The summed E-state index contributed by atoms with van der Waals surface area (Å²) in [6, 6.07) is 1.01. The summed E-state index contributed by atoms with van der Waals surface area (Å²) < 4.78 is 53.8. The third-order valence-electron chi connectivity index (χ3n) is 3.14. The molecule has 0 aliphatic heterocycles. The Hall–Kier alpha value is -1.25. The smallest absolute Gasteiger partial charge is 0.243 e. The molecular weight excluding hydrogens is 302 g/mol. The Balaban J connectivity index is 3.20. The van der Waals surface area contributed by atoms with Gasteiger partial charge in [-0.05, 0) is 24.0 Å². The third-order valence-corrected chi connectivity index (χ3v) is 4.63. The molecular formula is C13H20F2N2O3S. The second kappa shape index (κ2) is 6.25. The van der Waals surface area contributed by atoms with Crippen molar-refractivity contribution in [1.29, 1.82) is 0 Å². The van der Waals surface area contributed by atoms with Gasteiger partial charge in [0.05, 0.1) is 0 Å². The summed E-state index contributed by atoms with van der Waals surface area (Å²) in [7, 11) is -4.22. The van der Waals surface area contributed by atoms with Crippen LogP contribution >= 0.6 is 0 Å². The number of benzene rings is 1. The van der Waals surface area contributed by atoms with Crippen LogP contribution < -0.4 is 10.5 Å². The molecule has 0 radical (unpaired) electrons. The highest BCUT2D eigenvalue weighted by atomic mass is 32.2. The Morgan fingerprint density at radius 1 is 1.33 bits per heavy atom. The molecule has 0 heterocycles. The van der Waals surface area contributed by atoms with Gasteiger partial charge in [-0.15, -0.1) is 0 Å². The van der Waals surface area contributed by atoms with Gasteiger partial charge in [0.25, 0.3) is 0 Å². The lowest BCUT2D eigenvalue weighted by molar-refractivity contribution is 0.214. The van der Waals surface area contributed by atoms with E-state index in [1.807, 2.05) is 0 Å². The number of nitrogens with one attached hydrogen (secondary N) is 1. The molecule has 1 aromatic carbocycles. The van der Waals surface area contributed by atoms with Gasteiger partial charge in [-0.1, -0.05) is 20.8 Å². The van der Waals surface area contributed by atoms with Crippen LogP contribution in [0.3, 0.4) is 0 Å². The molecule has 0 spiro atoms. The minimum absolute atomic E-state index is 0.168. The molecule has 0 saturated heterocycles. The van der Waals surface area contributed by atoms with Crippen LogP contribution in [0, 0.1) is 17.0 Å². The van der Waals surface area contributed by atoms with E-state index in [0.29, 0.717) is 0 Å². The lowest BCUT2D eigenvalue weighted by Crippen LogP contribution is -2.44. The predicted molar refractivity (Wildman–Crippen MR) is 76.0 cm³/mol. The van der Waals surface area contributed by atoms with E-state index >= 15 is 0 Å². The molecule has 120 valence electrons. The van der Waals surface area contributed by atoms with Gasteiger partial charge in [0.2, 0.25) is 10.0 Å². The zero-order valence-corrected chi connectivity index (χ0v) is 13.0. The number of halogens is 2. The normalized spacial score (nSPS) is 14.2. The van der Waals surface area contributed by atoms with Crippen LogP contribution in [-0.2, 0) is 10.0 Å². The molecule has 1 atom stereocenters. The van der Waals surface area contributed by atoms with Gasteiger partial charge >= 0.3 is 0 Å². The van der Waals surface area contributed by atoms with E-state index in [0.717, 1.165) is 12.1 Å². The first-order valence-corrected chi connectivity index (χ1v) is 7.85. The summed E-state index contributed by atoms with van der Waals surface area (Å²) in [5.41, 5.74) is 3.84. The first-order chi connectivity index (χ1) is 9.50. The summed E-state index contributed by atoms with van der Waals surface area (Å²) >= 11 is 0. The van der Waals surface area contributed by atoms with E-state index in [1.165, 1.54) is 0 Å². The van der Waals surface area contributed by atoms with E-state index in [-0.39, 0.29) is 13.0 Å². The van der Waals surface area contributed by atoms with Crippen LogP contribution in [0.25, 0.3) is 0 Å². The molecule has 0 aliphatic carbocycles. The number of sulfonamides is 1. The molecule has 0 bridgehead atoms. The van der Waals surface area contributed by atoms with Crippen LogP contribution in [0.15, 0.2) is 17.0 Å². The van der Waals surface area contributed by atoms with Crippen molar-refractivity contribution in [2.75, 3.05) is 12.3 Å². The number of rotatable bonds is 5. The van der Waals surface area contributed by atoms with Crippen molar-refractivity contribution >= 4 is 15.7 Å². The maximum Gasteiger partial charge on any atom is 0.243 e. The van der Waals surface area contributed by atoms with Crippen LogP contribution in [0.4, 0.5) is 14.5 Å². The van der Waals surface area contributed by atoms with Crippen molar-refractivity contribution in [3.8, 4) is 0 Å². The predicted octanol–water partition coefficient (Wildman–Crippen LogP) is 1.62. The van der Waals surface area contributed by atoms with Crippen LogP contribution in [0.2, 0.25) is 0 Å². The Kier molecular flexibility index (Phi) is 5.30. The van der Waals surface area contributed by atoms with Crippen molar-refractivity contribution in [3.05, 3.63) is 23.8 Å². The highest BCUT2D eigenvalue weighted by Gasteiger charge is 2.31. The minimum Gasteiger partial charge on any atom is -0.396 e. The number of aliphatic hydroxyl groups excluding tert-OH is 1. The van der Waals surface area contributed by atoms with Crippen molar-refractivity contribution < 1.29 is 22.3 Å². The SMILES string of the molecule is CC(C)(C)C(CCO)NS(=O)(=O)c1ccc(F)c(N)c1F. The summed E-state index contributed by atoms with van der Waals surface area (Å²) in [5.74, 6) is -2.34. The number of hydrogen-bond acceptors (Lipinski definition) is 4. The van der Waals surface area contributed by atoms with Crippen LogP contribution in [-0.4, -0.2) is 26.2 Å². The number of nitrogen functional groups attached to an aromatic ring is 1.